The number of rotatable bonds is 7. The highest BCUT2D eigenvalue weighted by Crippen LogP contribution is 2.28. The highest BCUT2D eigenvalue weighted by molar-refractivity contribution is 6.02. The van der Waals surface area contributed by atoms with Gasteiger partial charge in [-0.05, 0) is 68.5 Å². The molecule has 3 rings (SSSR count). The zero-order valence-corrected chi connectivity index (χ0v) is 19.5. The van der Waals surface area contributed by atoms with Gasteiger partial charge in [-0.15, -0.1) is 0 Å². The van der Waals surface area contributed by atoms with E-state index < -0.39 is 0 Å². The van der Waals surface area contributed by atoms with Crippen LogP contribution < -0.4 is 10.2 Å². The normalized spacial score (nSPS) is 16.6. The van der Waals surface area contributed by atoms with Crippen molar-refractivity contribution in [1.29, 1.82) is 0 Å². The monoisotopic (exact) mass is 405 g/mol. The molecule has 0 bridgehead atoms. The van der Waals surface area contributed by atoms with Crippen molar-refractivity contribution < 1.29 is 0 Å². The topological polar surface area (TPSA) is 27.6 Å². The van der Waals surface area contributed by atoms with Crippen LogP contribution in [0.4, 0.5) is 11.4 Å². The summed E-state index contributed by atoms with van der Waals surface area (Å²) in [5.74, 6) is 0.566. The maximum absolute atomic E-state index is 4.98. The van der Waals surface area contributed by atoms with E-state index in [4.69, 9.17) is 4.99 Å². The molecule has 1 aliphatic rings. The number of hydrogen-bond acceptors (Lipinski definition) is 3. The van der Waals surface area contributed by atoms with Gasteiger partial charge in [0.15, 0.2) is 0 Å². The predicted molar refractivity (Wildman–Crippen MR) is 133 cm³/mol. The first-order chi connectivity index (χ1) is 14.6. The van der Waals surface area contributed by atoms with Gasteiger partial charge >= 0.3 is 0 Å². The number of nitrogens with one attached hydrogen (secondary N) is 1. The Bertz CT molecular complexity index is 838. The standard InChI is InChI=1S/C25H33N3.C2H6/c1-5-24(27-25-14-7-6-10-19(25)2)21-11-8-13-23(16-21)28-15-9-12-22(18-28)20(3)17-26-4;1-2/h6-8,10-11,13-14,16,22,26H,3,5,9,12,15,17-18H2,1-2,4H3;1-2H3. The van der Waals surface area contributed by atoms with E-state index in [1.165, 1.54) is 35.2 Å². The molecular weight excluding hydrogens is 366 g/mol. The molecular formula is C27H39N3. The van der Waals surface area contributed by atoms with Crippen molar-refractivity contribution in [2.45, 2.75) is 47.0 Å². The van der Waals surface area contributed by atoms with Crippen LogP contribution in [0.25, 0.3) is 0 Å². The van der Waals surface area contributed by atoms with Crippen molar-refractivity contribution in [3.8, 4) is 0 Å². The molecule has 0 spiro atoms. The molecule has 1 fully saturated rings. The molecule has 2 aromatic carbocycles. The molecule has 1 aliphatic heterocycles. The molecule has 0 radical (unpaired) electrons. The summed E-state index contributed by atoms with van der Waals surface area (Å²) in [5.41, 5.74) is 7.26. The summed E-state index contributed by atoms with van der Waals surface area (Å²) in [6.45, 7) is 15.7. The van der Waals surface area contributed by atoms with Gasteiger partial charge in [0.2, 0.25) is 0 Å². The van der Waals surface area contributed by atoms with Crippen LogP contribution in [0.15, 0.2) is 65.7 Å². The number of para-hydroxylation sites is 1. The van der Waals surface area contributed by atoms with Crippen LogP contribution >= 0.6 is 0 Å². The summed E-state index contributed by atoms with van der Waals surface area (Å²) < 4.78 is 0. The second-order valence-corrected chi connectivity index (χ2v) is 7.72. The lowest BCUT2D eigenvalue weighted by Gasteiger charge is -2.35. The summed E-state index contributed by atoms with van der Waals surface area (Å²) in [6.07, 6.45) is 3.38. The lowest BCUT2D eigenvalue weighted by atomic mass is 9.90. The number of nitrogens with zero attached hydrogens (tertiary/aromatic N) is 2. The molecule has 3 heteroatoms. The van der Waals surface area contributed by atoms with Gasteiger partial charge in [-0.25, -0.2) is 0 Å². The molecule has 1 unspecified atom stereocenters. The minimum absolute atomic E-state index is 0.566. The van der Waals surface area contributed by atoms with Crippen LogP contribution in [0.1, 0.15) is 51.2 Å². The summed E-state index contributed by atoms with van der Waals surface area (Å²) >= 11 is 0. The van der Waals surface area contributed by atoms with Crippen molar-refractivity contribution in [2.24, 2.45) is 10.9 Å². The van der Waals surface area contributed by atoms with Crippen molar-refractivity contribution in [1.82, 2.24) is 5.32 Å². The van der Waals surface area contributed by atoms with Gasteiger partial charge in [-0.1, -0.05) is 63.3 Å². The number of aryl methyl sites for hydroxylation is 1. The smallest absolute Gasteiger partial charge is 0.0662 e. The first-order valence-electron chi connectivity index (χ1n) is 11.4. The molecule has 3 nitrogen and oxygen atoms in total. The number of benzene rings is 2. The highest BCUT2D eigenvalue weighted by Gasteiger charge is 2.22. The van der Waals surface area contributed by atoms with Gasteiger partial charge < -0.3 is 10.2 Å². The third-order valence-corrected chi connectivity index (χ3v) is 5.65. The molecule has 1 heterocycles. The fourth-order valence-electron chi connectivity index (χ4n) is 3.98. The summed E-state index contributed by atoms with van der Waals surface area (Å²) in [7, 11) is 2.00. The van der Waals surface area contributed by atoms with Crippen LogP contribution in [0.3, 0.4) is 0 Å². The SMILES string of the molecule is C=C(CNC)C1CCCN(c2cccc(C(CC)=Nc3ccccc3C)c2)C1.CC. The van der Waals surface area contributed by atoms with Crippen molar-refractivity contribution >= 4 is 17.1 Å². The second-order valence-electron chi connectivity index (χ2n) is 7.72. The van der Waals surface area contributed by atoms with Crippen LogP contribution in [-0.2, 0) is 0 Å². The quantitative estimate of drug-likeness (QED) is 0.418. The Labute approximate surface area is 183 Å². The Morgan fingerprint density at radius 3 is 2.63 bits per heavy atom. The Kier molecular flexibility index (Phi) is 9.82. The molecule has 2 aromatic rings. The molecule has 0 aliphatic carbocycles. The molecule has 0 saturated carbocycles. The average Bonchev–Trinajstić information content (AvgIpc) is 2.80. The van der Waals surface area contributed by atoms with E-state index in [1.54, 1.807) is 0 Å². The largest absolute Gasteiger partial charge is 0.371 e. The Hall–Kier alpha value is -2.39. The van der Waals surface area contributed by atoms with E-state index in [1.807, 2.05) is 20.9 Å². The van der Waals surface area contributed by atoms with E-state index in [0.29, 0.717) is 5.92 Å². The Morgan fingerprint density at radius 1 is 1.17 bits per heavy atom. The van der Waals surface area contributed by atoms with Gasteiger partial charge in [-0.2, -0.15) is 0 Å². The number of piperidine rings is 1. The van der Waals surface area contributed by atoms with E-state index >= 15 is 0 Å². The minimum atomic E-state index is 0.566. The number of hydrogen-bond donors (Lipinski definition) is 1. The zero-order valence-electron chi connectivity index (χ0n) is 19.5. The fraction of sp³-hybridized carbons (Fsp3) is 0.444. The first-order valence-corrected chi connectivity index (χ1v) is 11.4. The molecule has 0 aromatic heterocycles. The summed E-state index contributed by atoms with van der Waals surface area (Å²) in [5, 5.41) is 3.24. The van der Waals surface area contributed by atoms with Gasteiger partial charge in [0.05, 0.1) is 5.69 Å². The van der Waals surface area contributed by atoms with Crippen molar-refractivity contribution in [3.05, 3.63) is 71.8 Å². The summed E-state index contributed by atoms with van der Waals surface area (Å²) in [4.78, 5) is 7.49. The summed E-state index contributed by atoms with van der Waals surface area (Å²) in [6, 6.07) is 17.2. The van der Waals surface area contributed by atoms with Crippen LogP contribution in [0, 0.1) is 12.8 Å². The second kappa shape index (κ2) is 12.3. The fourth-order valence-corrected chi connectivity index (χ4v) is 3.98. The first kappa shape index (κ1) is 23.9. The molecule has 162 valence electrons. The minimum Gasteiger partial charge on any atom is -0.371 e. The molecule has 1 N–H and O–H groups in total. The lowest BCUT2D eigenvalue weighted by Crippen LogP contribution is -2.37. The highest BCUT2D eigenvalue weighted by atomic mass is 15.1. The zero-order chi connectivity index (χ0) is 21.9. The van der Waals surface area contributed by atoms with Crippen LogP contribution in [0.2, 0.25) is 0 Å². The third-order valence-electron chi connectivity index (χ3n) is 5.65. The molecule has 0 amide bonds. The van der Waals surface area contributed by atoms with E-state index in [9.17, 15) is 0 Å². The Balaban J connectivity index is 0.00000155. The van der Waals surface area contributed by atoms with E-state index in [2.05, 4.69) is 79.2 Å². The molecule has 30 heavy (non-hydrogen) atoms. The van der Waals surface area contributed by atoms with Gasteiger partial charge in [0.25, 0.3) is 0 Å². The molecule has 1 saturated heterocycles. The predicted octanol–water partition coefficient (Wildman–Crippen LogP) is 6.54. The maximum atomic E-state index is 4.98. The van der Waals surface area contributed by atoms with Gasteiger partial charge in [0.1, 0.15) is 0 Å². The van der Waals surface area contributed by atoms with Gasteiger partial charge in [0, 0.05) is 31.0 Å². The average molecular weight is 406 g/mol. The number of likely N-dealkylation sites (N-methyl/N-ethyl adjacent to an activating group) is 1. The van der Waals surface area contributed by atoms with Crippen LogP contribution in [-0.4, -0.2) is 32.4 Å². The van der Waals surface area contributed by atoms with Gasteiger partial charge in [-0.3, -0.25) is 4.99 Å². The lowest BCUT2D eigenvalue weighted by molar-refractivity contribution is 0.458. The maximum Gasteiger partial charge on any atom is 0.0662 e. The van der Waals surface area contributed by atoms with Crippen LogP contribution in [0.5, 0.6) is 0 Å². The van der Waals surface area contributed by atoms with E-state index in [0.717, 1.165) is 37.5 Å². The van der Waals surface area contributed by atoms with E-state index in [-0.39, 0.29) is 0 Å². The number of anilines is 1. The van der Waals surface area contributed by atoms with Crippen molar-refractivity contribution in [3.63, 3.8) is 0 Å². The molecule has 1 atom stereocenters. The Morgan fingerprint density at radius 2 is 1.93 bits per heavy atom. The number of aliphatic imine (C=N–C) groups is 1. The van der Waals surface area contributed by atoms with Crippen molar-refractivity contribution in [2.75, 3.05) is 31.6 Å². The third kappa shape index (κ3) is 6.30.